The van der Waals surface area contributed by atoms with E-state index in [9.17, 15) is 10.2 Å². The predicted molar refractivity (Wildman–Crippen MR) is 96.9 cm³/mol. The van der Waals surface area contributed by atoms with Crippen LogP contribution in [0.15, 0.2) is 54.9 Å². The number of aromatic nitrogens is 2. The standard InChI is InChI=1S/C20H21N3O2/c24-14-20(25)8-9-23(13-20)12-15-10-21-19(22-11-15)18-7-3-5-16-4-1-2-6-17(16)18/h1-7,10-11,24-25H,8-9,12-14H2/t20-/m1/s1. The Morgan fingerprint density at radius 1 is 1.04 bits per heavy atom. The van der Waals surface area contributed by atoms with Gasteiger partial charge >= 0.3 is 0 Å². The summed E-state index contributed by atoms with van der Waals surface area (Å²) in [6.07, 6.45) is 4.29. The van der Waals surface area contributed by atoms with E-state index in [1.165, 1.54) is 5.39 Å². The molecule has 0 bridgehead atoms. The van der Waals surface area contributed by atoms with Crippen molar-refractivity contribution in [3.05, 3.63) is 60.4 Å². The van der Waals surface area contributed by atoms with Crippen LogP contribution >= 0.6 is 0 Å². The molecular weight excluding hydrogens is 314 g/mol. The first-order chi connectivity index (χ1) is 12.2. The van der Waals surface area contributed by atoms with Gasteiger partial charge in [0, 0.05) is 43.2 Å². The first kappa shape index (κ1) is 16.1. The van der Waals surface area contributed by atoms with Crippen LogP contribution in [-0.2, 0) is 6.54 Å². The molecule has 1 aromatic heterocycles. The SMILES string of the molecule is OC[C@@]1(O)CCN(Cc2cnc(-c3cccc4ccccc34)nc2)C1. The van der Waals surface area contributed by atoms with Gasteiger partial charge in [-0.25, -0.2) is 9.97 Å². The van der Waals surface area contributed by atoms with Gasteiger partial charge in [0.2, 0.25) is 0 Å². The van der Waals surface area contributed by atoms with Crippen LogP contribution in [0, 0.1) is 0 Å². The summed E-state index contributed by atoms with van der Waals surface area (Å²) < 4.78 is 0. The molecule has 0 unspecified atom stereocenters. The molecule has 3 aromatic rings. The van der Waals surface area contributed by atoms with Gasteiger partial charge in [0.15, 0.2) is 5.82 Å². The molecule has 2 aromatic carbocycles. The molecule has 0 saturated carbocycles. The largest absolute Gasteiger partial charge is 0.393 e. The summed E-state index contributed by atoms with van der Waals surface area (Å²) in [5.74, 6) is 0.717. The molecule has 1 atom stereocenters. The Hall–Kier alpha value is -2.34. The second kappa shape index (κ2) is 6.52. The second-order valence-corrected chi connectivity index (χ2v) is 6.78. The van der Waals surface area contributed by atoms with Crippen molar-refractivity contribution >= 4 is 10.8 Å². The van der Waals surface area contributed by atoms with Gasteiger partial charge in [0.25, 0.3) is 0 Å². The van der Waals surface area contributed by atoms with Crippen molar-refractivity contribution in [3.63, 3.8) is 0 Å². The minimum Gasteiger partial charge on any atom is -0.393 e. The van der Waals surface area contributed by atoms with Crippen molar-refractivity contribution in [1.29, 1.82) is 0 Å². The fourth-order valence-electron chi connectivity index (χ4n) is 3.46. The summed E-state index contributed by atoms with van der Waals surface area (Å²) in [6, 6.07) is 14.4. The van der Waals surface area contributed by atoms with Crippen molar-refractivity contribution < 1.29 is 10.2 Å². The van der Waals surface area contributed by atoms with Gasteiger partial charge in [-0.1, -0.05) is 42.5 Å². The van der Waals surface area contributed by atoms with Crippen LogP contribution < -0.4 is 0 Å². The molecule has 1 aliphatic heterocycles. The highest BCUT2D eigenvalue weighted by molar-refractivity contribution is 5.94. The number of fused-ring (bicyclic) bond motifs is 1. The summed E-state index contributed by atoms with van der Waals surface area (Å²) in [7, 11) is 0. The van der Waals surface area contributed by atoms with E-state index >= 15 is 0 Å². The van der Waals surface area contributed by atoms with E-state index in [1.54, 1.807) is 0 Å². The Balaban J connectivity index is 1.54. The lowest BCUT2D eigenvalue weighted by Gasteiger charge is -2.20. The number of β-amino-alcohol motifs (C(OH)–C–C–N with tert-alkyl or cyclic N) is 1. The van der Waals surface area contributed by atoms with Gasteiger partial charge < -0.3 is 10.2 Å². The predicted octanol–water partition coefficient (Wildman–Crippen LogP) is 2.23. The molecule has 128 valence electrons. The minimum absolute atomic E-state index is 0.194. The highest BCUT2D eigenvalue weighted by atomic mass is 16.3. The Morgan fingerprint density at radius 2 is 1.80 bits per heavy atom. The van der Waals surface area contributed by atoms with Crippen LogP contribution in [0.5, 0.6) is 0 Å². The van der Waals surface area contributed by atoms with E-state index < -0.39 is 5.60 Å². The number of aliphatic hydroxyl groups is 2. The minimum atomic E-state index is -0.969. The third-order valence-corrected chi connectivity index (χ3v) is 4.85. The van der Waals surface area contributed by atoms with Gasteiger partial charge in [-0.3, -0.25) is 4.90 Å². The van der Waals surface area contributed by atoms with E-state index in [-0.39, 0.29) is 6.61 Å². The zero-order chi connectivity index (χ0) is 17.3. The maximum absolute atomic E-state index is 10.1. The summed E-state index contributed by atoms with van der Waals surface area (Å²) in [5, 5.41) is 21.7. The molecule has 25 heavy (non-hydrogen) atoms. The molecule has 1 fully saturated rings. The molecule has 1 aliphatic rings. The number of likely N-dealkylation sites (tertiary alicyclic amines) is 1. The number of hydrogen-bond donors (Lipinski definition) is 2. The van der Waals surface area contributed by atoms with E-state index in [4.69, 9.17) is 0 Å². The molecule has 2 N–H and O–H groups in total. The van der Waals surface area contributed by atoms with Gasteiger partial charge in [0.1, 0.15) is 5.60 Å². The van der Waals surface area contributed by atoms with Crippen molar-refractivity contribution in [1.82, 2.24) is 14.9 Å². The average molecular weight is 335 g/mol. The topological polar surface area (TPSA) is 69.5 Å². The summed E-state index contributed by atoms with van der Waals surface area (Å²) in [6.45, 7) is 1.73. The van der Waals surface area contributed by atoms with E-state index in [2.05, 4.69) is 33.1 Å². The highest BCUT2D eigenvalue weighted by Gasteiger charge is 2.35. The van der Waals surface area contributed by atoms with Gasteiger partial charge in [0.05, 0.1) is 6.61 Å². The number of nitrogens with zero attached hydrogens (tertiary/aromatic N) is 3. The highest BCUT2D eigenvalue weighted by Crippen LogP contribution is 2.26. The van der Waals surface area contributed by atoms with E-state index in [0.29, 0.717) is 25.3 Å². The van der Waals surface area contributed by atoms with Crippen molar-refractivity contribution in [2.45, 2.75) is 18.6 Å². The first-order valence-electron chi connectivity index (χ1n) is 8.52. The van der Waals surface area contributed by atoms with Gasteiger partial charge in [-0.15, -0.1) is 0 Å². The number of hydrogen-bond acceptors (Lipinski definition) is 5. The van der Waals surface area contributed by atoms with Crippen molar-refractivity contribution in [3.8, 4) is 11.4 Å². The van der Waals surface area contributed by atoms with Crippen LogP contribution in [-0.4, -0.2) is 50.4 Å². The lowest BCUT2D eigenvalue weighted by atomic mass is 10.0. The fourth-order valence-corrected chi connectivity index (χ4v) is 3.46. The lowest BCUT2D eigenvalue weighted by Crippen LogP contribution is -2.36. The fraction of sp³-hybridized carbons (Fsp3) is 0.300. The normalized spacial score (nSPS) is 21.0. The molecule has 5 nitrogen and oxygen atoms in total. The Labute approximate surface area is 146 Å². The maximum Gasteiger partial charge on any atom is 0.159 e. The summed E-state index contributed by atoms with van der Waals surface area (Å²) in [5.41, 5.74) is 1.07. The second-order valence-electron chi connectivity index (χ2n) is 6.78. The smallest absolute Gasteiger partial charge is 0.159 e. The Bertz CT molecular complexity index is 876. The van der Waals surface area contributed by atoms with Crippen LogP contribution in [0.2, 0.25) is 0 Å². The lowest BCUT2D eigenvalue weighted by molar-refractivity contribution is -0.00581. The van der Waals surface area contributed by atoms with Crippen LogP contribution in [0.4, 0.5) is 0 Å². The zero-order valence-corrected chi connectivity index (χ0v) is 14.0. The van der Waals surface area contributed by atoms with Gasteiger partial charge in [-0.05, 0) is 17.2 Å². The average Bonchev–Trinajstić information content (AvgIpc) is 3.03. The molecule has 4 rings (SSSR count). The van der Waals surface area contributed by atoms with Gasteiger partial charge in [-0.2, -0.15) is 0 Å². The Morgan fingerprint density at radius 3 is 2.56 bits per heavy atom. The quantitative estimate of drug-likeness (QED) is 0.765. The number of benzene rings is 2. The molecule has 0 radical (unpaired) electrons. The Kier molecular flexibility index (Phi) is 4.21. The third-order valence-electron chi connectivity index (χ3n) is 4.85. The van der Waals surface area contributed by atoms with Crippen LogP contribution in [0.3, 0.4) is 0 Å². The third kappa shape index (κ3) is 3.26. The van der Waals surface area contributed by atoms with Crippen molar-refractivity contribution in [2.24, 2.45) is 0 Å². The molecule has 0 amide bonds. The van der Waals surface area contributed by atoms with E-state index in [0.717, 1.165) is 23.1 Å². The van der Waals surface area contributed by atoms with Crippen LogP contribution in [0.25, 0.3) is 22.2 Å². The number of aliphatic hydroxyl groups excluding tert-OH is 1. The summed E-state index contributed by atoms with van der Waals surface area (Å²) >= 11 is 0. The monoisotopic (exact) mass is 335 g/mol. The molecule has 0 spiro atoms. The molecule has 0 aliphatic carbocycles. The summed E-state index contributed by atoms with van der Waals surface area (Å²) in [4.78, 5) is 11.2. The molecule has 2 heterocycles. The first-order valence-corrected chi connectivity index (χ1v) is 8.52. The van der Waals surface area contributed by atoms with Crippen molar-refractivity contribution in [2.75, 3.05) is 19.7 Å². The maximum atomic E-state index is 10.1. The van der Waals surface area contributed by atoms with Crippen LogP contribution in [0.1, 0.15) is 12.0 Å². The molecular formula is C20H21N3O2. The van der Waals surface area contributed by atoms with E-state index in [1.807, 2.05) is 36.7 Å². The number of rotatable bonds is 4. The molecule has 1 saturated heterocycles. The molecule has 5 heteroatoms. The zero-order valence-electron chi connectivity index (χ0n) is 14.0.